The summed E-state index contributed by atoms with van der Waals surface area (Å²) < 4.78 is 12.1. The molecule has 2 heteroatoms. The topological polar surface area (TPSA) is 18.5 Å². The molecule has 0 N–H and O–H groups in total. The lowest BCUT2D eigenvalue weighted by Crippen LogP contribution is -2.15. The molecule has 0 amide bonds. The van der Waals surface area contributed by atoms with Gasteiger partial charge in [0.15, 0.2) is 0 Å². The lowest BCUT2D eigenvalue weighted by atomic mass is 10.2. The van der Waals surface area contributed by atoms with Crippen LogP contribution in [0.3, 0.4) is 0 Å². The molecule has 0 bridgehead atoms. The van der Waals surface area contributed by atoms with E-state index in [2.05, 4.69) is 13.8 Å². The predicted molar refractivity (Wildman–Crippen MR) is 92.8 cm³/mol. The monoisotopic (exact) mass is 304 g/mol. The van der Waals surface area contributed by atoms with Crippen molar-refractivity contribution in [3.05, 3.63) is 95.6 Å². The van der Waals surface area contributed by atoms with Gasteiger partial charge in [0, 0.05) is 5.56 Å². The third-order valence-corrected chi connectivity index (χ3v) is 3.60. The van der Waals surface area contributed by atoms with Crippen molar-refractivity contribution in [3.8, 4) is 11.5 Å². The van der Waals surface area contributed by atoms with Crippen molar-refractivity contribution in [2.45, 2.75) is 20.1 Å². The summed E-state index contributed by atoms with van der Waals surface area (Å²) in [4.78, 5) is 0. The Kier molecular flexibility index (Phi) is 4.62. The first kappa shape index (κ1) is 15.2. The first-order valence-corrected chi connectivity index (χ1v) is 7.72. The molecule has 0 atom stereocenters. The Morgan fingerprint density at radius 2 is 1.00 bits per heavy atom. The minimum absolute atomic E-state index is 0.485. The minimum Gasteiger partial charge on any atom is -0.451 e. The maximum atomic E-state index is 6.07. The molecule has 116 valence electrons. The SMILES string of the molecule is Cc1ccc(OC(Oc2ccc(C)cc2)c2ccccc2)cc1. The van der Waals surface area contributed by atoms with Crippen LogP contribution in [-0.4, -0.2) is 0 Å². The molecule has 0 heterocycles. The first-order valence-electron chi connectivity index (χ1n) is 7.72. The zero-order chi connectivity index (χ0) is 16.1. The van der Waals surface area contributed by atoms with Crippen molar-refractivity contribution >= 4 is 0 Å². The molecule has 0 fully saturated rings. The number of ether oxygens (including phenoxy) is 2. The third-order valence-electron chi connectivity index (χ3n) is 3.60. The maximum absolute atomic E-state index is 6.07. The number of rotatable bonds is 5. The zero-order valence-corrected chi connectivity index (χ0v) is 13.4. The summed E-state index contributed by atoms with van der Waals surface area (Å²) in [6.07, 6.45) is -0.485. The Bertz CT molecular complexity index is 684. The standard InChI is InChI=1S/C21H20O2/c1-16-8-12-19(13-9-16)22-21(18-6-4-3-5-7-18)23-20-14-10-17(2)11-15-20/h3-15,21H,1-2H3. The molecule has 0 aliphatic heterocycles. The fourth-order valence-electron chi connectivity index (χ4n) is 2.25. The van der Waals surface area contributed by atoms with Gasteiger partial charge >= 0.3 is 0 Å². The second kappa shape index (κ2) is 7.01. The molecule has 3 rings (SSSR count). The molecule has 0 aromatic heterocycles. The van der Waals surface area contributed by atoms with Crippen LogP contribution in [0.15, 0.2) is 78.9 Å². The average Bonchev–Trinajstić information content (AvgIpc) is 2.59. The Morgan fingerprint density at radius 1 is 0.565 bits per heavy atom. The molecule has 0 radical (unpaired) electrons. The van der Waals surface area contributed by atoms with Crippen molar-refractivity contribution in [1.29, 1.82) is 0 Å². The maximum Gasteiger partial charge on any atom is 0.267 e. The van der Waals surface area contributed by atoms with Crippen molar-refractivity contribution in [3.63, 3.8) is 0 Å². The normalized spacial score (nSPS) is 10.6. The highest BCUT2D eigenvalue weighted by molar-refractivity contribution is 5.30. The van der Waals surface area contributed by atoms with E-state index in [0.29, 0.717) is 0 Å². The van der Waals surface area contributed by atoms with E-state index in [1.807, 2.05) is 78.9 Å². The summed E-state index contributed by atoms with van der Waals surface area (Å²) in [5.41, 5.74) is 3.38. The lowest BCUT2D eigenvalue weighted by Gasteiger charge is -2.21. The van der Waals surface area contributed by atoms with Gasteiger partial charge in [0.05, 0.1) is 0 Å². The molecule has 23 heavy (non-hydrogen) atoms. The van der Waals surface area contributed by atoms with Crippen LogP contribution in [0.25, 0.3) is 0 Å². The Morgan fingerprint density at radius 3 is 1.43 bits per heavy atom. The van der Waals surface area contributed by atoms with E-state index in [-0.39, 0.29) is 0 Å². The minimum atomic E-state index is -0.485. The molecule has 0 unspecified atom stereocenters. The summed E-state index contributed by atoms with van der Waals surface area (Å²) in [6.45, 7) is 4.11. The molecule has 3 aromatic carbocycles. The van der Waals surface area contributed by atoms with Gasteiger partial charge in [-0.25, -0.2) is 0 Å². The van der Waals surface area contributed by atoms with Crippen LogP contribution in [-0.2, 0) is 0 Å². The van der Waals surface area contributed by atoms with Crippen LogP contribution >= 0.6 is 0 Å². The predicted octanol–water partition coefficient (Wildman–Crippen LogP) is 5.46. The summed E-state index contributed by atoms with van der Waals surface area (Å²) in [5.74, 6) is 1.58. The van der Waals surface area contributed by atoms with Gasteiger partial charge in [-0.3, -0.25) is 0 Å². The van der Waals surface area contributed by atoms with Crippen LogP contribution in [0.1, 0.15) is 23.0 Å². The van der Waals surface area contributed by atoms with Crippen molar-refractivity contribution in [2.75, 3.05) is 0 Å². The van der Waals surface area contributed by atoms with E-state index >= 15 is 0 Å². The second-order valence-electron chi connectivity index (χ2n) is 5.60. The van der Waals surface area contributed by atoms with Crippen LogP contribution in [0.2, 0.25) is 0 Å². The molecule has 3 aromatic rings. The van der Waals surface area contributed by atoms with Crippen LogP contribution in [0, 0.1) is 13.8 Å². The molecular formula is C21H20O2. The number of hydrogen-bond acceptors (Lipinski definition) is 2. The van der Waals surface area contributed by atoms with Gasteiger partial charge in [-0.1, -0.05) is 65.7 Å². The van der Waals surface area contributed by atoms with Gasteiger partial charge in [-0.05, 0) is 38.1 Å². The van der Waals surface area contributed by atoms with E-state index in [4.69, 9.17) is 9.47 Å². The number of hydrogen-bond donors (Lipinski definition) is 0. The molecule has 0 spiro atoms. The highest BCUT2D eigenvalue weighted by atomic mass is 16.7. The zero-order valence-electron chi connectivity index (χ0n) is 13.4. The number of aryl methyl sites for hydroxylation is 2. The second-order valence-corrected chi connectivity index (χ2v) is 5.60. The fourth-order valence-corrected chi connectivity index (χ4v) is 2.25. The van der Waals surface area contributed by atoms with Crippen molar-refractivity contribution in [2.24, 2.45) is 0 Å². The van der Waals surface area contributed by atoms with E-state index in [0.717, 1.165) is 17.1 Å². The molecule has 0 saturated carbocycles. The van der Waals surface area contributed by atoms with E-state index < -0.39 is 6.29 Å². The van der Waals surface area contributed by atoms with Gasteiger partial charge < -0.3 is 9.47 Å². The van der Waals surface area contributed by atoms with Gasteiger partial charge in [0.2, 0.25) is 0 Å². The van der Waals surface area contributed by atoms with E-state index in [1.165, 1.54) is 11.1 Å². The summed E-state index contributed by atoms with van der Waals surface area (Å²) in [7, 11) is 0. The van der Waals surface area contributed by atoms with Crippen molar-refractivity contribution < 1.29 is 9.47 Å². The Balaban J connectivity index is 1.84. The van der Waals surface area contributed by atoms with Gasteiger partial charge in [0.25, 0.3) is 6.29 Å². The molecular weight excluding hydrogens is 284 g/mol. The number of benzene rings is 3. The highest BCUT2D eigenvalue weighted by Crippen LogP contribution is 2.26. The molecule has 0 aliphatic carbocycles. The fraction of sp³-hybridized carbons (Fsp3) is 0.143. The van der Waals surface area contributed by atoms with E-state index in [1.54, 1.807) is 0 Å². The highest BCUT2D eigenvalue weighted by Gasteiger charge is 2.15. The van der Waals surface area contributed by atoms with Crippen LogP contribution in [0.4, 0.5) is 0 Å². The first-order chi connectivity index (χ1) is 11.2. The van der Waals surface area contributed by atoms with Crippen molar-refractivity contribution in [1.82, 2.24) is 0 Å². The lowest BCUT2D eigenvalue weighted by molar-refractivity contribution is 0.00380. The van der Waals surface area contributed by atoms with Gasteiger partial charge in [-0.2, -0.15) is 0 Å². The summed E-state index contributed by atoms with van der Waals surface area (Å²) >= 11 is 0. The molecule has 0 aliphatic rings. The van der Waals surface area contributed by atoms with Crippen LogP contribution < -0.4 is 9.47 Å². The molecule has 0 saturated heterocycles. The molecule has 2 nitrogen and oxygen atoms in total. The quantitative estimate of drug-likeness (QED) is 0.583. The van der Waals surface area contributed by atoms with Gasteiger partial charge in [-0.15, -0.1) is 0 Å². The van der Waals surface area contributed by atoms with Crippen LogP contribution in [0.5, 0.6) is 11.5 Å². The Labute approximate surface area is 137 Å². The third kappa shape index (κ3) is 4.13. The smallest absolute Gasteiger partial charge is 0.267 e. The largest absolute Gasteiger partial charge is 0.451 e. The average molecular weight is 304 g/mol. The Hall–Kier alpha value is -2.74. The van der Waals surface area contributed by atoms with Gasteiger partial charge in [0.1, 0.15) is 11.5 Å². The summed E-state index contributed by atoms with van der Waals surface area (Å²) in [5, 5.41) is 0. The summed E-state index contributed by atoms with van der Waals surface area (Å²) in [6, 6.07) is 25.9. The van der Waals surface area contributed by atoms with E-state index in [9.17, 15) is 0 Å².